The molecular formula is C15H11F3N2O3S. The van der Waals surface area contributed by atoms with Gasteiger partial charge in [-0.25, -0.2) is 4.98 Å². The van der Waals surface area contributed by atoms with Gasteiger partial charge in [0, 0.05) is 0 Å². The van der Waals surface area contributed by atoms with E-state index in [4.69, 9.17) is 9.47 Å². The van der Waals surface area contributed by atoms with Crippen LogP contribution in [0.4, 0.5) is 13.2 Å². The molecule has 0 radical (unpaired) electrons. The number of hydrogen-bond acceptors (Lipinski definition) is 6. The van der Waals surface area contributed by atoms with E-state index < -0.39 is 29.5 Å². The summed E-state index contributed by atoms with van der Waals surface area (Å²) in [5, 5.41) is 9.47. The van der Waals surface area contributed by atoms with Gasteiger partial charge >= 0.3 is 6.18 Å². The minimum Gasteiger partial charge on any atom is -0.376 e. The van der Waals surface area contributed by atoms with Gasteiger partial charge in [-0.2, -0.15) is 18.4 Å². The number of fused-ring (bicyclic) bond motifs is 1. The number of halogens is 3. The summed E-state index contributed by atoms with van der Waals surface area (Å²) in [5.41, 5.74) is -0.714. The van der Waals surface area contributed by atoms with Crippen molar-refractivity contribution in [2.75, 3.05) is 19.8 Å². The molecule has 0 spiro atoms. The molecule has 1 fully saturated rings. The normalized spacial score (nSPS) is 19.8. The number of rotatable bonds is 3. The third kappa shape index (κ3) is 3.26. The van der Waals surface area contributed by atoms with Crippen molar-refractivity contribution in [2.45, 2.75) is 18.2 Å². The molecule has 0 amide bonds. The number of carbonyl (C=O) groups excluding carboxylic acids is 1. The van der Waals surface area contributed by atoms with Gasteiger partial charge in [0.15, 0.2) is 11.7 Å². The lowest BCUT2D eigenvalue weighted by Crippen LogP contribution is -2.38. The summed E-state index contributed by atoms with van der Waals surface area (Å²) >= 11 is 1.02. The van der Waals surface area contributed by atoms with E-state index in [-0.39, 0.29) is 23.7 Å². The summed E-state index contributed by atoms with van der Waals surface area (Å²) < 4.78 is 49.2. The third-order valence-electron chi connectivity index (χ3n) is 3.53. The maximum absolute atomic E-state index is 12.8. The minimum atomic E-state index is -4.48. The molecule has 0 aliphatic carbocycles. The van der Waals surface area contributed by atoms with Crippen LogP contribution in [0.2, 0.25) is 0 Å². The average Bonchev–Trinajstić information content (AvgIpc) is 2.98. The maximum atomic E-state index is 12.8. The highest BCUT2D eigenvalue weighted by Crippen LogP contribution is 2.34. The standard InChI is InChI=1S/C15H11F3N2O3S/c16-15(17,18)8-1-2-12-10(5-8)20-14(24-12)9(6-19)13(21)11-7-22-3-4-23-11/h1-2,5,9,11H,3-4,7H2/t9-,11-/m0/s1. The molecule has 5 nitrogen and oxygen atoms in total. The van der Waals surface area contributed by atoms with Crippen molar-refractivity contribution in [3.8, 4) is 6.07 Å². The molecule has 2 aromatic rings. The Morgan fingerprint density at radius 3 is 2.83 bits per heavy atom. The highest BCUT2D eigenvalue weighted by atomic mass is 32.1. The summed E-state index contributed by atoms with van der Waals surface area (Å²) in [5.74, 6) is -1.68. The van der Waals surface area contributed by atoms with Crippen LogP contribution < -0.4 is 0 Å². The molecule has 1 aliphatic rings. The summed E-state index contributed by atoms with van der Waals surface area (Å²) in [6.07, 6.45) is -5.34. The van der Waals surface area contributed by atoms with E-state index in [1.54, 1.807) is 0 Å². The molecule has 0 N–H and O–H groups in total. The summed E-state index contributed by atoms with van der Waals surface area (Å²) in [7, 11) is 0. The Hall–Kier alpha value is -2.02. The summed E-state index contributed by atoms with van der Waals surface area (Å²) in [6, 6.07) is 5.01. The van der Waals surface area contributed by atoms with Crippen molar-refractivity contribution in [2.24, 2.45) is 0 Å². The van der Waals surface area contributed by atoms with Gasteiger partial charge in [-0.3, -0.25) is 4.79 Å². The molecular weight excluding hydrogens is 345 g/mol. The molecule has 0 saturated carbocycles. The van der Waals surface area contributed by atoms with E-state index in [0.29, 0.717) is 11.3 Å². The van der Waals surface area contributed by atoms with Gasteiger partial charge in [-0.05, 0) is 18.2 Å². The Balaban J connectivity index is 1.92. The van der Waals surface area contributed by atoms with E-state index in [0.717, 1.165) is 23.5 Å². The number of carbonyl (C=O) groups is 1. The zero-order valence-corrected chi connectivity index (χ0v) is 13.0. The predicted molar refractivity (Wildman–Crippen MR) is 78.5 cm³/mol. The Morgan fingerprint density at radius 2 is 2.21 bits per heavy atom. The van der Waals surface area contributed by atoms with Gasteiger partial charge in [0.2, 0.25) is 0 Å². The smallest absolute Gasteiger partial charge is 0.376 e. The van der Waals surface area contributed by atoms with Gasteiger partial charge in [0.1, 0.15) is 11.1 Å². The SMILES string of the molecule is N#C[C@@H](C(=O)[C@@H]1COCCO1)c1nc2cc(C(F)(F)F)ccc2s1. The average molecular weight is 356 g/mol. The molecule has 0 bridgehead atoms. The first kappa shape index (κ1) is 16.8. The second kappa shape index (κ2) is 6.47. The first-order valence-corrected chi connectivity index (χ1v) is 7.82. The van der Waals surface area contributed by atoms with Crippen molar-refractivity contribution in [1.29, 1.82) is 5.26 Å². The fraction of sp³-hybridized carbons (Fsp3) is 0.400. The number of benzene rings is 1. The van der Waals surface area contributed by atoms with Crippen LogP contribution in [0.5, 0.6) is 0 Å². The van der Waals surface area contributed by atoms with Crippen LogP contribution in [-0.2, 0) is 20.4 Å². The van der Waals surface area contributed by atoms with E-state index in [1.165, 1.54) is 6.07 Å². The highest BCUT2D eigenvalue weighted by Gasteiger charge is 2.34. The molecule has 2 atom stereocenters. The van der Waals surface area contributed by atoms with Crippen molar-refractivity contribution < 1.29 is 27.4 Å². The first-order chi connectivity index (χ1) is 11.4. The largest absolute Gasteiger partial charge is 0.416 e. The van der Waals surface area contributed by atoms with Gasteiger partial charge in [0.05, 0.1) is 41.7 Å². The molecule has 9 heteroatoms. The van der Waals surface area contributed by atoms with Crippen LogP contribution in [0.25, 0.3) is 10.2 Å². The van der Waals surface area contributed by atoms with E-state index in [9.17, 15) is 23.2 Å². The van der Waals surface area contributed by atoms with Crippen molar-refractivity contribution in [3.05, 3.63) is 28.8 Å². The van der Waals surface area contributed by atoms with Crippen LogP contribution in [0.1, 0.15) is 16.5 Å². The second-order valence-corrected chi connectivity index (χ2v) is 6.19. The first-order valence-electron chi connectivity index (χ1n) is 7.00. The molecule has 126 valence electrons. The van der Waals surface area contributed by atoms with Crippen molar-refractivity contribution in [1.82, 2.24) is 4.98 Å². The predicted octanol–water partition coefficient (Wildman–Crippen LogP) is 2.91. The number of alkyl halides is 3. The second-order valence-electron chi connectivity index (χ2n) is 5.13. The molecule has 1 aromatic carbocycles. The Morgan fingerprint density at radius 1 is 1.42 bits per heavy atom. The Bertz CT molecular complexity index is 806. The van der Waals surface area contributed by atoms with Crippen molar-refractivity contribution >= 4 is 27.3 Å². The summed E-state index contributed by atoms with van der Waals surface area (Å²) in [4.78, 5) is 16.4. The molecule has 3 rings (SSSR count). The highest BCUT2D eigenvalue weighted by molar-refractivity contribution is 7.18. The zero-order valence-electron chi connectivity index (χ0n) is 12.2. The minimum absolute atomic E-state index is 0.0557. The third-order valence-corrected chi connectivity index (χ3v) is 4.63. The molecule has 24 heavy (non-hydrogen) atoms. The van der Waals surface area contributed by atoms with Gasteiger partial charge in [-0.15, -0.1) is 11.3 Å². The van der Waals surface area contributed by atoms with Crippen LogP contribution in [0, 0.1) is 11.3 Å². The molecule has 2 heterocycles. The van der Waals surface area contributed by atoms with E-state index in [1.807, 2.05) is 6.07 Å². The summed E-state index contributed by atoms with van der Waals surface area (Å²) in [6.45, 7) is 0.686. The molecule has 0 unspecified atom stereocenters. The fourth-order valence-electron chi connectivity index (χ4n) is 2.32. The van der Waals surface area contributed by atoms with Crippen LogP contribution >= 0.6 is 11.3 Å². The quantitative estimate of drug-likeness (QED) is 0.846. The van der Waals surface area contributed by atoms with Crippen LogP contribution in [-0.4, -0.2) is 36.7 Å². The molecule has 1 aliphatic heterocycles. The number of aromatic nitrogens is 1. The lowest BCUT2D eigenvalue weighted by atomic mass is 10.0. The van der Waals surface area contributed by atoms with Gasteiger partial charge in [0.25, 0.3) is 0 Å². The Labute approximate surface area is 138 Å². The topological polar surface area (TPSA) is 72.2 Å². The van der Waals surface area contributed by atoms with Crippen LogP contribution in [0.15, 0.2) is 18.2 Å². The number of ether oxygens (including phenoxy) is 2. The monoisotopic (exact) mass is 356 g/mol. The number of nitriles is 1. The number of Topliss-reactive ketones (excluding diaryl/α,β-unsaturated/α-hetero) is 1. The molecule has 1 saturated heterocycles. The number of thiazole rings is 1. The fourth-order valence-corrected chi connectivity index (χ4v) is 3.32. The number of hydrogen-bond donors (Lipinski definition) is 0. The Kier molecular flexibility index (Phi) is 4.54. The van der Waals surface area contributed by atoms with E-state index >= 15 is 0 Å². The molecule has 1 aromatic heterocycles. The van der Waals surface area contributed by atoms with Gasteiger partial charge < -0.3 is 9.47 Å². The van der Waals surface area contributed by atoms with Crippen LogP contribution in [0.3, 0.4) is 0 Å². The maximum Gasteiger partial charge on any atom is 0.416 e. The number of ketones is 1. The lowest BCUT2D eigenvalue weighted by molar-refractivity contribution is -0.145. The van der Waals surface area contributed by atoms with Crippen molar-refractivity contribution in [3.63, 3.8) is 0 Å². The zero-order chi connectivity index (χ0) is 17.3. The lowest BCUT2D eigenvalue weighted by Gasteiger charge is -2.22. The number of nitrogens with zero attached hydrogens (tertiary/aromatic N) is 2. The van der Waals surface area contributed by atoms with Gasteiger partial charge in [-0.1, -0.05) is 0 Å². The van der Waals surface area contributed by atoms with E-state index in [2.05, 4.69) is 4.98 Å².